The molecule has 0 bridgehead atoms. The first-order chi connectivity index (χ1) is 14.2. The van der Waals surface area contributed by atoms with Crippen molar-refractivity contribution in [3.8, 4) is 5.75 Å². The van der Waals surface area contributed by atoms with Gasteiger partial charge in [0.05, 0.1) is 18.7 Å². The number of anilines is 2. The van der Waals surface area contributed by atoms with Gasteiger partial charge in [-0.2, -0.15) is 0 Å². The van der Waals surface area contributed by atoms with Crippen molar-refractivity contribution in [3.05, 3.63) is 35.3 Å². The van der Waals surface area contributed by atoms with Crippen LogP contribution in [0.4, 0.5) is 10.8 Å². The molecule has 4 rings (SSSR count). The number of carbonyl (C=O) groups is 2. The largest absolute Gasteiger partial charge is 0.495 e. The average Bonchev–Trinajstić information content (AvgIpc) is 3.46. The van der Waals surface area contributed by atoms with E-state index in [-0.39, 0.29) is 17.7 Å². The molecule has 2 aromatic rings. The number of likely N-dealkylation sites (tertiary alicyclic amines) is 2. The van der Waals surface area contributed by atoms with E-state index in [9.17, 15) is 9.59 Å². The fourth-order valence-electron chi connectivity index (χ4n) is 4.01. The molecule has 0 saturated carbocycles. The number of methoxy groups -OCH3 is 1. The van der Waals surface area contributed by atoms with Crippen molar-refractivity contribution in [2.24, 2.45) is 5.92 Å². The molecular formula is C21H26N4O3S. The Morgan fingerprint density at radius 2 is 1.90 bits per heavy atom. The first kappa shape index (κ1) is 19.7. The number of aromatic nitrogens is 1. The first-order valence-electron chi connectivity index (χ1n) is 10.1. The molecule has 1 aromatic heterocycles. The molecule has 29 heavy (non-hydrogen) atoms. The van der Waals surface area contributed by atoms with Gasteiger partial charge in [-0.25, -0.2) is 4.98 Å². The Kier molecular flexibility index (Phi) is 5.99. The number of hydrogen-bond donors (Lipinski definition) is 1. The van der Waals surface area contributed by atoms with Crippen molar-refractivity contribution in [1.82, 2.24) is 14.8 Å². The summed E-state index contributed by atoms with van der Waals surface area (Å²) in [5.41, 5.74) is 1.22. The second-order valence-corrected chi connectivity index (χ2v) is 8.34. The van der Waals surface area contributed by atoms with E-state index < -0.39 is 0 Å². The van der Waals surface area contributed by atoms with Crippen molar-refractivity contribution in [3.63, 3.8) is 0 Å². The number of hydrogen-bond acceptors (Lipinski definition) is 6. The highest BCUT2D eigenvalue weighted by Crippen LogP contribution is 2.29. The summed E-state index contributed by atoms with van der Waals surface area (Å²) in [5, 5.41) is 5.62. The molecule has 0 aliphatic carbocycles. The van der Waals surface area contributed by atoms with Gasteiger partial charge in [-0.3, -0.25) is 9.59 Å². The SMILES string of the molecule is COc1ccccc1Nc1nc(C(=O)N2CCC[C@H](C(=O)N3CCCC3)C2)cs1. The predicted molar refractivity (Wildman–Crippen MR) is 113 cm³/mol. The summed E-state index contributed by atoms with van der Waals surface area (Å²) < 4.78 is 5.35. The van der Waals surface area contributed by atoms with Gasteiger partial charge in [0.2, 0.25) is 5.91 Å². The fraction of sp³-hybridized carbons (Fsp3) is 0.476. The molecule has 0 radical (unpaired) electrons. The molecule has 3 heterocycles. The maximum Gasteiger partial charge on any atom is 0.273 e. The van der Waals surface area contributed by atoms with Gasteiger partial charge in [0.1, 0.15) is 11.4 Å². The van der Waals surface area contributed by atoms with Gasteiger partial charge < -0.3 is 19.9 Å². The monoisotopic (exact) mass is 414 g/mol. The Bertz CT molecular complexity index is 878. The van der Waals surface area contributed by atoms with E-state index in [0.29, 0.717) is 23.9 Å². The van der Waals surface area contributed by atoms with Crippen LogP contribution in [0.2, 0.25) is 0 Å². The molecule has 2 aliphatic heterocycles. The molecule has 0 unspecified atom stereocenters. The number of carbonyl (C=O) groups excluding carboxylic acids is 2. The van der Waals surface area contributed by atoms with Crippen molar-refractivity contribution < 1.29 is 14.3 Å². The van der Waals surface area contributed by atoms with Crippen LogP contribution in [0, 0.1) is 5.92 Å². The molecule has 1 N–H and O–H groups in total. The zero-order chi connectivity index (χ0) is 20.2. The smallest absolute Gasteiger partial charge is 0.273 e. The van der Waals surface area contributed by atoms with Gasteiger partial charge >= 0.3 is 0 Å². The Labute approximate surface area is 174 Å². The third-order valence-corrected chi connectivity index (χ3v) is 6.31. The number of rotatable bonds is 5. The van der Waals surface area contributed by atoms with E-state index in [1.54, 1.807) is 17.4 Å². The number of nitrogens with zero attached hydrogens (tertiary/aromatic N) is 3. The summed E-state index contributed by atoms with van der Waals surface area (Å²) in [5.74, 6) is 0.732. The predicted octanol–water partition coefficient (Wildman–Crippen LogP) is 3.37. The van der Waals surface area contributed by atoms with Crippen LogP contribution in [-0.2, 0) is 4.79 Å². The Morgan fingerprint density at radius 1 is 1.14 bits per heavy atom. The minimum atomic E-state index is -0.103. The van der Waals surface area contributed by atoms with Crippen LogP contribution in [0.15, 0.2) is 29.6 Å². The lowest BCUT2D eigenvalue weighted by Crippen LogP contribution is -2.46. The highest BCUT2D eigenvalue weighted by Gasteiger charge is 2.33. The van der Waals surface area contributed by atoms with E-state index in [0.717, 1.165) is 50.2 Å². The summed E-state index contributed by atoms with van der Waals surface area (Å²) in [4.78, 5) is 33.9. The zero-order valence-electron chi connectivity index (χ0n) is 16.6. The lowest BCUT2D eigenvalue weighted by atomic mass is 9.96. The van der Waals surface area contributed by atoms with E-state index in [1.165, 1.54) is 11.3 Å². The molecule has 1 aromatic carbocycles. The molecule has 2 aliphatic rings. The molecule has 2 fully saturated rings. The Morgan fingerprint density at radius 3 is 2.69 bits per heavy atom. The number of thiazole rings is 1. The normalized spacial score (nSPS) is 19.3. The third kappa shape index (κ3) is 4.37. The number of amides is 2. The van der Waals surface area contributed by atoms with E-state index in [4.69, 9.17) is 4.74 Å². The number of benzene rings is 1. The van der Waals surface area contributed by atoms with Crippen molar-refractivity contribution in [1.29, 1.82) is 0 Å². The van der Waals surface area contributed by atoms with Gasteiger partial charge in [0.25, 0.3) is 5.91 Å². The number of ether oxygens (including phenoxy) is 1. The topological polar surface area (TPSA) is 74.8 Å². The number of nitrogens with one attached hydrogen (secondary N) is 1. The van der Waals surface area contributed by atoms with Crippen molar-refractivity contribution >= 4 is 34.0 Å². The van der Waals surface area contributed by atoms with Crippen LogP contribution in [0.25, 0.3) is 0 Å². The van der Waals surface area contributed by atoms with Crippen LogP contribution in [-0.4, -0.2) is 59.9 Å². The summed E-state index contributed by atoms with van der Waals surface area (Å²) in [6.07, 6.45) is 3.88. The highest BCUT2D eigenvalue weighted by atomic mass is 32.1. The fourth-order valence-corrected chi connectivity index (χ4v) is 4.71. The number of piperidine rings is 1. The van der Waals surface area contributed by atoms with E-state index >= 15 is 0 Å². The quantitative estimate of drug-likeness (QED) is 0.812. The summed E-state index contributed by atoms with van der Waals surface area (Å²) >= 11 is 1.38. The first-order valence-corrected chi connectivity index (χ1v) is 11.0. The minimum absolute atomic E-state index is 0.0874. The van der Waals surface area contributed by atoms with E-state index in [1.807, 2.05) is 29.2 Å². The van der Waals surface area contributed by atoms with Crippen LogP contribution >= 0.6 is 11.3 Å². The van der Waals surface area contributed by atoms with Crippen LogP contribution in [0.5, 0.6) is 5.75 Å². The molecule has 2 amide bonds. The van der Waals surface area contributed by atoms with Gasteiger partial charge in [-0.1, -0.05) is 12.1 Å². The van der Waals surface area contributed by atoms with Crippen molar-refractivity contribution in [2.75, 3.05) is 38.6 Å². The molecule has 8 heteroatoms. The maximum absolute atomic E-state index is 13.0. The molecule has 154 valence electrons. The lowest BCUT2D eigenvalue weighted by Gasteiger charge is -2.33. The summed E-state index contributed by atoms with van der Waals surface area (Å²) in [7, 11) is 1.62. The molecule has 2 saturated heterocycles. The molecule has 7 nitrogen and oxygen atoms in total. The van der Waals surface area contributed by atoms with Gasteiger partial charge in [-0.05, 0) is 37.8 Å². The van der Waals surface area contributed by atoms with Crippen LogP contribution < -0.4 is 10.1 Å². The van der Waals surface area contributed by atoms with Gasteiger partial charge in [0, 0.05) is 31.6 Å². The summed E-state index contributed by atoms with van der Waals surface area (Å²) in [6, 6.07) is 7.58. The maximum atomic E-state index is 13.0. The Hall–Kier alpha value is -2.61. The lowest BCUT2D eigenvalue weighted by molar-refractivity contribution is -0.135. The van der Waals surface area contributed by atoms with Crippen molar-refractivity contribution in [2.45, 2.75) is 25.7 Å². The molecule has 1 atom stereocenters. The van der Waals surface area contributed by atoms with E-state index in [2.05, 4.69) is 10.3 Å². The standard InChI is InChI=1S/C21H26N4O3S/c1-28-18-9-3-2-8-16(18)22-21-23-17(14-29-21)20(27)25-12-6-7-15(13-25)19(26)24-10-4-5-11-24/h2-3,8-9,14-15H,4-7,10-13H2,1H3,(H,22,23)/t15-/m0/s1. The van der Waals surface area contributed by atoms with Gasteiger partial charge in [0.15, 0.2) is 5.13 Å². The zero-order valence-corrected chi connectivity index (χ0v) is 17.4. The molecule has 0 spiro atoms. The average molecular weight is 415 g/mol. The third-order valence-electron chi connectivity index (χ3n) is 5.55. The second-order valence-electron chi connectivity index (χ2n) is 7.49. The number of para-hydroxylation sites is 2. The van der Waals surface area contributed by atoms with Crippen LogP contribution in [0.1, 0.15) is 36.2 Å². The summed E-state index contributed by atoms with van der Waals surface area (Å²) in [6.45, 7) is 2.87. The molecular weight excluding hydrogens is 388 g/mol. The van der Waals surface area contributed by atoms with Gasteiger partial charge in [-0.15, -0.1) is 11.3 Å². The minimum Gasteiger partial charge on any atom is -0.495 e. The Balaban J connectivity index is 1.41. The van der Waals surface area contributed by atoms with Crippen LogP contribution in [0.3, 0.4) is 0 Å². The highest BCUT2D eigenvalue weighted by molar-refractivity contribution is 7.14. The second kappa shape index (κ2) is 8.82.